The monoisotopic (exact) mass is 277 g/mol. The van der Waals surface area contributed by atoms with Crippen molar-refractivity contribution in [1.29, 1.82) is 0 Å². The summed E-state index contributed by atoms with van der Waals surface area (Å²) >= 11 is 3.94. The maximum absolute atomic E-state index is 3.56. The summed E-state index contributed by atoms with van der Waals surface area (Å²) < 4.78 is 0. The van der Waals surface area contributed by atoms with Gasteiger partial charge in [0, 0.05) is 32.6 Å². The quantitative estimate of drug-likeness (QED) is 0.865. The predicted molar refractivity (Wildman–Crippen MR) is 80.6 cm³/mol. The van der Waals surface area contributed by atoms with Crippen LogP contribution in [0.5, 0.6) is 0 Å². The zero-order valence-electron chi connectivity index (χ0n) is 10.8. The van der Waals surface area contributed by atoms with Gasteiger partial charge in [-0.05, 0) is 49.4 Å². The van der Waals surface area contributed by atoms with Gasteiger partial charge in [-0.15, -0.1) is 22.7 Å². The Morgan fingerprint density at radius 1 is 1.06 bits per heavy atom. The number of nitrogens with one attached hydrogen (secondary N) is 1. The fourth-order valence-corrected chi connectivity index (χ4v) is 4.65. The van der Waals surface area contributed by atoms with E-state index in [0.717, 1.165) is 19.5 Å². The van der Waals surface area contributed by atoms with Crippen LogP contribution in [0, 0.1) is 0 Å². The molecule has 2 aromatic rings. The van der Waals surface area contributed by atoms with E-state index in [1.54, 1.807) is 10.4 Å². The number of hydrogen-bond donors (Lipinski definition) is 1. The first kappa shape index (κ1) is 12.4. The summed E-state index contributed by atoms with van der Waals surface area (Å²) in [5, 5.41) is 3.56. The molecule has 2 aromatic heterocycles. The van der Waals surface area contributed by atoms with Gasteiger partial charge in [0.25, 0.3) is 0 Å². The minimum Gasteiger partial charge on any atom is -0.307 e. The van der Waals surface area contributed by atoms with Gasteiger partial charge in [-0.1, -0.05) is 6.92 Å². The molecule has 3 heteroatoms. The molecule has 3 rings (SSSR count). The fraction of sp³-hybridized carbons (Fsp3) is 0.467. The number of thiophene rings is 2. The van der Waals surface area contributed by atoms with Crippen molar-refractivity contribution >= 4 is 22.7 Å². The summed E-state index contributed by atoms with van der Waals surface area (Å²) in [5.74, 6) is 0. The van der Waals surface area contributed by atoms with Crippen molar-refractivity contribution in [2.24, 2.45) is 0 Å². The van der Waals surface area contributed by atoms with Gasteiger partial charge in [0.15, 0.2) is 0 Å². The van der Waals surface area contributed by atoms with E-state index in [4.69, 9.17) is 0 Å². The highest BCUT2D eigenvalue weighted by atomic mass is 32.1. The summed E-state index contributed by atoms with van der Waals surface area (Å²) in [6, 6.07) is 6.91. The lowest BCUT2D eigenvalue weighted by molar-refractivity contribution is 0.708. The van der Waals surface area contributed by atoms with Crippen molar-refractivity contribution in [2.45, 2.75) is 45.7 Å². The molecule has 0 saturated carbocycles. The molecule has 1 aliphatic rings. The third kappa shape index (κ3) is 2.68. The molecule has 2 heterocycles. The summed E-state index contributed by atoms with van der Waals surface area (Å²) in [7, 11) is 0. The number of aryl methyl sites for hydroxylation is 3. The smallest absolute Gasteiger partial charge is 0.0303 e. The van der Waals surface area contributed by atoms with Gasteiger partial charge in [0.1, 0.15) is 0 Å². The maximum Gasteiger partial charge on any atom is 0.0303 e. The molecule has 0 aliphatic heterocycles. The summed E-state index contributed by atoms with van der Waals surface area (Å²) in [6.07, 6.45) is 5.13. The minimum atomic E-state index is 1.01. The second-order valence-corrected chi connectivity index (χ2v) is 7.31. The minimum absolute atomic E-state index is 1.01. The Hall–Kier alpha value is -0.640. The topological polar surface area (TPSA) is 12.0 Å². The van der Waals surface area contributed by atoms with Gasteiger partial charge in [0.05, 0.1) is 0 Å². The lowest BCUT2D eigenvalue weighted by Gasteiger charge is -2.00. The van der Waals surface area contributed by atoms with E-state index in [1.807, 2.05) is 22.7 Å². The largest absolute Gasteiger partial charge is 0.307 e. The van der Waals surface area contributed by atoms with Crippen LogP contribution in [0.25, 0.3) is 0 Å². The lowest BCUT2D eigenvalue weighted by atomic mass is 10.2. The molecule has 18 heavy (non-hydrogen) atoms. The molecular weight excluding hydrogens is 258 g/mol. The highest BCUT2D eigenvalue weighted by Crippen LogP contribution is 2.30. The average Bonchev–Trinajstić information content (AvgIpc) is 3.03. The van der Waals surface area contributed by atoms with Crippen molar-refractivity contribution in [3.05, 3.63) is 43.3 Å². The van der Waals surface area contributed by atoms with Crippen LogP contribution >= 0.6 is 22.7 Å². The Morgan fingerprint density at radius 2 is 1.89 bits per heavy atom. The van der Waals surface area contributed by atoms with Crippen molar-refractivity contribution < 1.29 is 0 Å². The zero-order chi connectivity index (χ0) is 12.4. The van der Waals surface area contributed by atoms with Gasteiger partial charge in [-0.2, -0.15) is 0 Å². The summed E-state index contributed by atoms with van der Waals surface area (Å²) in [4.78, 5) is 6.08. The second-order valence-electron chi connectivity index (χ2n) is 4.84. The Kier molecular flexibility index (Phi) is 3.83. The fourth-order valence-electron chi connectivity index (χ4n) is 2.49. The Balaban J connectivity index is 1.51. The van der Waals surface area contributed by atoms with E-state index in [9.17, 15) is 0 Å². The standard InChI is InChI=1S/C15H19NS2/c1-2-12-6-7-13(17-12)9-16-10-14-8-11-4-3-5-15(11)18-14/h6-8,16H,2-5,9-10H2,1H3. The number of hydrogen-bond acceptors (Lipinski definition) is 3. The maximum atomic E-state index is 3.56. The number of rotatable bonds is 5. The lowest BCUT2D eigenvalue weighted by Crippen LogP contribution is -2.10. The van der Waals surface area contributed by atoms with E-state index in [2.05, 4.69) is 30.4 Å². The van der Waals surface area contributed by atoms with E-state index >= 15 is 0 Å². The normalized spacial score (nSPS) is 14.1. The molecule has 0 aromatic carbocycles. The molecule has 0 amide bonds. The average molecular weight is 277 g/mol. The van der Waals surface area contributed by atoms with Crippen LogP contribution in [0.3, 0.4) is 0 Å². The van der Waals surface area contributed by atoms with Gasteiger partial charge in [0.2, 0.25) is 0 Å². The highest BCUT2D eigenvalue weighted by molar-refractivity contribution is 7.12. The molecule has 0 radical (unpaired) electrons. The van der Waals surface area contributed by atoms with E-state index in [0.29, 0.717) is 0 Å². The predicted octanol–water partition coefficient (Wildman–Crippen LogP) is 4.15. The van der Waals surface area contributed by atoms with Crippen molar-refractivity contribution in [3.63, 3.8) is 0 Å². The van der Waals surface area contributed by atoms with Crippen molar-refractivity contribution in [3.8, 4) is 0 Å². The number of fused-ring (bicyclic) bond motifs is 1. The Morgan fingerprint density at radius 3 is 2.67 bits per heavy atom. The molecule has 1 nitrogen and oxygen atoms in total. The molecule has 0 spiro atoms. The first-order chi connectivity index (χ1) is 8.85. The van der Waals surface area contributed by atoms with Crippen LogP contribution in [0.4, 0.5) is 0 Å². The van der Waals surface area contributed by atoms with Gasteiger partial charge < -0.3 is 5.32 Å². The molecule has 0 atom stereocenters. The molecule has 1 aliphatic carbocycles. The van der Waals surface area contributed by atoms with Crippen LogP contribution in [-0.4, -0.2) is 0 Å². The van der Waals surface area contributed by atoms with Crippen LogP contribution in [0.1, 0.15) is 38.4 Å². The molecular formula is C15H19NS2. The molecule has 0 unspecified atom stereocenters. The van der Waals surface area contributed by atoms with Crippen LogP contribution in [0.15, 0.2) is 18.2 Å². The SMILES string of the molecule is CCc1ccc(CNCc2cc3c(s2)CCC3)s1. The highest BCUT2D eigenvalue weighted by Gasteiger charge is 2.14. The molecule has 0 bridgehead atoms. The van der Waals surface area contributed by atoms with Crippen LogP contribution < -0.4 is 5.32 Å². The second kappa shape index (κ2) is 5.55. The molecule has 1 N–H and O–H groups in total. The van der Waals surface area contributed by atoms with Crippen LogP contribution in [-0.2, 0) is 32.4 Å². The molecule has 0 saturated heterocycles. The third-order valence-electron chi connectivity index (χ3n) is 3.46. The van der Waals surface area contributed by atoms with E-state index in [-0.39, 0.29) is 0 Å². The Labute approximate surface area is 117 Å². The summed E-state index contributed by atoms with van der Waals surface area (Å²) in [6.45, 7) is 4.25. The first-order valence-electron chi connectivity index (χ1n) is 6.74. The first-order valence-corrected chi connectivity index (χ1v) is 8.37. The van der Waals surface area contributed by atoms with Gasteiger partial charge in [-0.25, -0.2) is 0 Å². The zero-order valence-corrected chi connectivity index (χ0v) is 12.4. The van der Waals surface area contributed by atoms with Crippen molar-refractivity contribution in [2.75, 3.05) is 0 Å². The van der Waals surface area contributed by atoms with E-state index in [1.165, 1.54) is 33.9 Å². The Bertz CT molecular complexity index is 503. The molecule has 96 valence electrons. The third-order valence-corrected chi connectivity index (χ3v) is 5.93. The van der Waals surface area contributed by atoms with E-state index < -0.39 is 0 Å². The van der Waals surface area contributed by atoms with Gasteiger partial charge >= 0.3 is 0 Å². The molecule has 0 fully saturated rings. The summed E-state index contributed by atoms with van der Waals surface area (Å²) in [5.41, 5.74) is 1.61. The van der Waals surface area contributed by atoms with Gasteiger partial charge in [-0.3, -0.25) is 0 Å². The van der Waals surface area contributed by atoms with Crippen LogP contribution in [0.2, 0.25) is 0 Å². The van der Waals surface area contributed by atoms with Crippen molar-refractivity contribution in [1.82, 2.24) is 5.32 Å².